The molecular weight excluding hydrogens is 749 g/mol. The van der Waals surface area contributed by atoms with Crippen LogP contribution in [0.15, 0.2) is 224 Å². The van der Waals surface area contributed by atoms with Crippen molar-refractivity contribution in [1.82, 2.24) is 4.57 Å². The van der Waals surface area contributed by atoms with Crippen molar-refractivity contribution in [2.75, 3.05) is 4.90 Å². The fraction of sp³-hybridized carbons (Fsp3) is 0.0667. The number of nitrogens with zero attached hydrogens (tertiary/aromatic N) is 2. The lowest BCUT2D eigenvalue weighted by Crippen LogP contribution is -2.09. The van der Waals surface area contributed by atoms with Crippen LogP contribution in [0.2, 0.25) is 0 Å². The Balaban J connectivity index is 1.06. The first-order valence-corrected chi connectivity index (χ1v) is 21.9. The van der Waals surface area contributed by atoms with Crippen LogP contribution in [0.4, 0.5) is 17.1 Å². The highest BCUT2D eigenvalue weighted by molar-refractivity contribution is 6.22. The Morgan fingerprint density at radius 3 is 1.50 bits per heavy atom. The summed E-state index contributed by atoms with van der Waals surface area (Å²) in [7, 11) is 0. The summed E-state index contributed by atoms with van der Waals surface area (Å²) in [5.74, 6) is 0. The summed E-state index contributed by atoms with van der Waals surface area (Å²) in [6.07, 6.45) is 3.45. The number of hydrogen-bond donors (Lipinski definition) is 0. The molecule has 11 aromatic rings. The molecule has 62 heavy (non-hydrogen) atoms. The van der Waals surface area contributed by atoms with Crippen LogP contribution in [-0.2, 0) is 6.42 Å². The van der Waals surface area contributed by atoms with Gasteiger partial charge in [0.05, 0.1) is 11.0 Å². The second kappa shape index (κ2) is 16.1. The molecule has 0 aliphatic heterocycles. The third kappa shape index (κ3) is 6.62. The van der Waals surface area contributed by atoms with Crippen molar-refractivity contribution in [3.05, 3.63) is 230 Å². The van der Waals surface area contributed by atoms with Crippen molar-refractivity contribution in [1.29, 1.82) is 0 Å². The van der Waals surface area contributed by atoms with E-state index in [4.69, 9.17) is 0 Å². The third-order valence-corrected chi connectivity index (χ3v) is 12.5. The van der Waals surface area contributed by atoms with Gasteiger partial charge in [-0.2, -0.15) is 0 Å². The molecule has 0 amide bonds. The van der Waals surface area contributed by atoms with E-state index in [0.29, 0.717) is 0 Å². The number of unbranched alkanes of at least 4 members (excludes halogenated alkanes) is 1. The largest absolute Gasteiger partial charge is 0.310 e. The molecule has 0 atom stereocenters. The standard InChI is InChI=1S/C60H46N2/c1-2-3-18-42-29-37-57-54(39-42)55-41-50(35-38-58(55)62(57)48-25-14-7-15-26-48)61(47-23-12-6-13-24-47)49-33-30-43(31-34-49)46-32-36-53-56(40-46)60(45-21-10-5-11-22-45)52-28-17-16-27-51(52)59(53)44-19-8-4-9-20-44/h4-17,19-41H,2-3,18H2,1H3. The molecule has 0 bridgehead atoms. The van der Waals surface area contributed by atoms with Crippen LogP contribution < -0.4 is 4.90 Å². The van der Waals surface area contributed by atoms with E-state index in [9.17, 15) is 0 Å². The van der Waals surface area contributed by atoms with Crippen LogP contribution >= 0.6 is 0 Å². The number of aromatic nitrogens is 1. The molecule has 0 aliphatic carbocycles. The number of para-hydroxylation sites is 2. The highest BCUT2D eigenvalue weighted by atomic mass is 15.1. The Hall–Kier alpha value is -7.68. The van der Waals surface area contributed by atoms with Crippen LogP contribution in [0, 0.1) is 0 Å². The average Bonchev–Trinajstić information content (AvgIpc) is 3.67. The molecule has 1 heterocycles. The number of anilines is 3. The molecule has 296 valence electrons. The van der Waals surface area contributed by atoms with Crippen LogP contribution in [0.1, 0.15) is 25.3 Å². The van der Waals surface area contributed by atoms with E-state index in [2.05, 4.69) is 241 Å². The van der Waals surface area contributed by atoms with Crippen molar-refractivity contribution in [3.63, 3.8) is 0 Å². The highest BCUT2D eigenvalue weighted by Gasteiger charge is 2.20. The number of hydrogen-bond acceptors (Lipinski definition) is 1. The van der Waals surface area contributed by atoms with Crippen LogP contribution in [0.3, 0.4) is 0 Å². The molecule has 0 saturated heterocycles. The van der Waals surface area contributed by atoms with Crippen molar-refractivity contribution in [2.45, 2.75) is 26.2 Å². The molecule has 0 aliphatic rings. The molecule has 0 saturated carbocycles. The lowest BCUT2D eigenvalue weighted by Gasteiger charge is -2.26. The lowest BCUT2D eigenvalue weighted by molar-refractivity contribution is 0.796. The smallest absolute Gasteiger partial charge is 0.0542 e. The second-order valence-corrected chi connectivity index (χ2v) is 16.3. The maximum atomic E-state index is 2.43. The summed E-state index contributed by atoms with van der Waals surface area (Å²) in [6.45, 7) is 2.27. The normalized spacial score (nSPS) is 11.5. The molecule has 2 heteroatoms. The van der Waals surface area contributed by atoms with Gasteiger partial charge in [-0.1, -0.05) is 165 Å². The second-order valence-electron chi connectivity index (χ2n) is 16.3. The van der Waals surface area contributed by atoms with E-state index < -0.39 is 0 Å². The summed E-state index contributed by atoms with van der Waals surface area (Å²) in [6, 6.07) is 82.3. The summed E-state index contributed by atoms with van der Waals surface area (Å²) in [5.41, 5.74) is 15.7. The Bertz CT molecular complexity index is 3350. The zero-order chi connectivity index (χ0) is 41.4. The fourth-order valence-corrected chi connectivity index (χ4v) is 9.61. The minimum atomic E-state index is 1.09. The van der Waals surface area contributed by atoms with E-state index in [1.807, 2.05) is 0 Å². The van der Waals surface area contributed by atoms with Gasteiger partial charge >= 0.3 is 0 Å². The molecule has 0 fully saturated rings. The van der Waals surface area contributed by atoms with E-state index in [1.54, 1.807) is 0 Å². The predicted molar refractivity (Wildman–Crippen MR) is 265 cm³/mol. The quantitative estimate of drug-likeness (QED) is 0.125. The van der Waals surface area contributed by atoms with Gasteiger partial charge in [0, 0.05) is 33.5 Å². The van der Waals surface area contributed by atoms with Gasteiger partial charge in [-0.25, -0.2) is 0 Å². The van der Waals surface area contributed by atoms with Crippen LogP contribution in [-0.4, -0.2) is 4.57 Å². The predicted octanol–water partition coefficient (Wildman–Crippen LogP) is 16.9. The van der Waals surface area contributed by atoms with Gasteiger partial charge in [-0.15, -0.1) is 0 Å². The zero-order valence-electron chi connectivity index (χ0n) is 34.9. The molecule has 0 spiro atoms. The number of fused-ring (bicyclic) bond motifs is 5. The molecule has 2 nitrogen and oxygen atoms in total. The summed E-state index contributed by atoms with van der Waals surface area (Å²) in [4.78, 5) is 2.39. The monoisotopic (exact) mass is 794 g/mol. The Morgan fingerprint density at radius 1 is 0.355 bits per heavy atom. The molecule has 0 radical (unpaired) electrons. The van der Waals surface area contributed by atoms with Gasteiger partial charge in [-0.3, -0.25) is 0 Å². The SMILES string of the molecule is CCCCc1ccc2c(c1)c1cc(N(c3ccccc3)c3ccc(-c4ccc5c(-c6ccccc6)c6ccccc6c(-c6ccccc6)c5c4)cc3)ccc1n2-c1ccccc1. The molecule has 0 N–H and O–H groups in total. The molecule has 10 aromatic carbocycles. The Labute approximate surface area is 363 Å². The van der Waals surface area contributed by atoms with Crippen molar-refractivity contribution in [2.24, 2.45) is 0 Å². The van der Waals surface area contributed by atoms with E-state index in [-0.39, 0.29) is 0 Å². The summed E-state index contributed by atoms with van der Waals surface area (Å²) < 4.78 is 2.41. The van der Waals surface area contributed by atoms with Crippen molar-refractivity contribution in [3.8, 4) is 39.1 Å². The minimum Gasteiger partial charge on any atom is -0.310 e. The number of aryl methyl sites for hydroxylation is 1. The van der Waals surface area contributed by atoms with Gasteiger partial charge in [0.2, 0.25) is 0 Å². The Kier molecular flexibility index (Phi) is 9.67. The topological polar surface area (TPSA) is 8.17 Å². The third-order valence-electron chi connectivity index (χ3n) is 12.5. The van der Waals surface area contributed by atoms with E-state index in [0.717, 1.165) is 23.5 Å². The maximum Gasteiger partial charge on any atom is 0.0542 e. The fourth-order valence-electron chi connectivity index (χ4n) is 9.61. The van der Waals surface area contributed by atoms with Gasteiger partial charge in [-0.05, 0) is 146 Å². The first-order chi connectivity index (χ1) is 30.7. The Morgan fingerprint density at radius 2 is 0.855 bits per heavy atom. The molecule has 0 unspecified atom stereocenters. The van der Waals surface area contributed by atoms with Crippen LogP contribution in [0.25, 0.3) is 82.4 Å². The average molecular weight is 795 g/mol. The molecule has 11 rings (SSSR count). The van der Waals surface area contributed by atoms with Gasteiger partial charge in [0.25, 0.3) is 0 Å². The van der Waals surface area contributed by atoms with Crippen molar-refractivity contribution >= 4 is 60.4 Å². The van der Waals surface area contributed by atoms with E-state index >= 15 is 0 Å². The number of benzene rings is 10. The van der Waals surface area contributed by atoms with Gasteiger partial charge < -0.3 is 9.47 Å². The summed E-state index contributed by atoms with van der Waals surface area (Å²) in [5, 5.41) is 7.58. The maximum absolute atomic E-state index is 2.43. The number of rotatable bonds is 10. The first kappa shape index (κ1) is 37.3. The van der Waals surface area contributed by atoms with Crippen LogP contribution in [0.5, 0.6) is 0 Å². The first-order valence-electron chi connectivity index (χ1n) is 21.9. The molecule has 1 aromatic heterocycles. The highest BCUT2D eigenvalue weighted by Crippen LogP contribution is 2.46. The molecular formula is C60H46N2. The van der Waals surface area contributed by atoms with Gasteiger partial charge in [0.1, 0.15) is 0 Å². The summed E-state index contributed by atoms with van der Waals surface area (Å²) >= 11 is 0. The zero-order valence-corrected chi connectivity index (χ0v) is 34.9. The van der Waals surface area contributed by atoms with Crippen molar-refractivity contribution < 1.29 is 0 Å². The lowest BCUT2D eigenvalue weighted by atomic mass is 9.85. The van der Waals surface area contributed by atoms with Gasteiger partial charge in [0.15, 0.2) is 0 Å². The van der Waals surface area contributed by atoms with E-state index in [1.165, 1.54) is 101 Å². The minimum absolute atomic E-state index is 1.09.